The molecule has 0 aliphatic carbocycles. The van der Waals surface area contributed by atoms with Gasteiger partial charge in [0, 0.05) is 17.4 Å². The summed E-state index contributed by atoms with van der Waals surface area (Å²) in [6.07, 6.45) is 1.69. The van der Waals surface area contributed by atoms with E-state index in [2.05, 4.69) is 21.3 Å². The highest BCUT2D eigenvalue weighted by Crippen LogP contribution is 2.25. The Bertz CT molecular complexity index is 1210. The topological polar surface area (TPSA) is 80.2 Å². The Morgan fingerprint density at radius 3 is 2.22 bits per heavy atom. The van der Waals surface area contributed by atoms with Crippen molar-refractivity contribution in [2.24, 2.45) is 0 Å². The van der Waals surface area contributed by atoms with Crippen molar-refractivity contribution in [3.63, 3.8) is 0 Å². The van der Waals surface area contributed by atoms with Crippen molar-refractivity contribution in [3.05, 3.63) is 96.7 Å². The molecular formula is C24H21N5O2S. The summed E-state index contributed by atoms with van der Waals surface area (Å²) in [4.78, 5) is 13.0. The van der Waals surface area contributed by atoms with Gasteiger partial charge in [0.1, 0.15) is 11.4 Å². The van der Waals surface area contributed by atoms with E-state index in [1.165, 1.54) is 0 Å². The number of methoxy groups -OCH3 is 1. The van der Waals surface area contributed by atoms with Gasteiger partial charge in [-0.05, 0) is 60.7 Å². The summed E-state index contributed by atoms with van der Waals surface area (Å²) in [7, 11) is 1.61. The molecule has 3 aromatic carbocycles. The second-order valence-electron chi connectivity index (χ2n) is 6.80. The third-order valence-electron chi connectivity index (χ3n) is 4.66. The molecule has 0 aliphatic rings. The molecular weight excluding hydrogens is 422 g/mol. The molecule has 160 valence electrons. The molecule has 0 saturated heterocycles. The summed E-state index contributed by atoms with van der Waals surface area (Å²) in [5.74, 6) is 0.358. The highest BCUT2D eigenvalue weighted by Gasteiger charge is 2.19. The van der Waals surface area contributed by atoms with Gasteiger partial charge in [0.15, 0.2) is 5.11 Å². The molecule has 0 saturated carbocycles. The summed E-state index contributed by atoms with van der Waals surface area (Å²) in [6, 6.07) is 26.4. The van der Waals surface area contributed by atoms with E-state index in [0.717, 1.165) is 22.7 Å². The Morgan fingerprint density at radius 1 is 0.906 bits per heavy atom. The van der Waals surface area contributed by atoms with Gasteiger partial charge in [-0.2, -0.15) is 5.10 Å². The standard InChI is InChI=1S/C24H21N5O2S/c1-31-20-14-12-17(13-15-20)22-21(16-29(28-22)19-10-6-3-7-11-19)23(30)26-27-24(32)25-18-8-4-2-5-9-18/h2-16H,1H3,(H,26,30)(H2,25,27,32). The van der Waals surface area contributed by atoms with Crippen LogP contribution in [0, 0.1) is 0 Å². The predicted molar refractivity (Wildman–Crippen MR) is 129 cm³/mol. The number of hydrogen-bond donors (Lipinski definition) is 3. The van der Waals surface area contributed by atoms with Crippen LogP contribution in [0.15, 0.2) is 91.1 Å². The highest BCUT2D eigenvalue weighted by atomic mass is 32.1. The number of ether oxygens (including phenoxy) is 1. The van der Waals surface area contributed by atoms with Gasteiger partial charge >= 0.3 is 0 Å². The lowest BCUT2D eigenvalue weighted by Crippen LogP contribution is -2.43. The normalized spacial score (nSPS) is 10.3. The lowest BCUT2D eigenvalue weighted by molar-refractivity contribution is 0.0945. The van der Waals surface area contributed by atoms with Gasteiger partial charge in [-0.3, -0.25) is 15.6 Å². The van der Waals surface area contributed by atoms with Gasteiger partial charge in [0.2, 0.25) is 0 Å². The zero-order valence-electron chi connectivity index (χ0n) is 17.3. The smallest absolute Gasteiger partial charge is 0.273 e. The number of carbonyl (C=O) groups excluding carboxylic acids is 1. The molecule has 0 aliphatic heterocycles. The van der Waals surface area contributed by atoms with Crippen molar-refractivity contribution in [1.82, 2.24) is 20.6 Å². The van der Waals surface area contributed by atoms with E-state index in [0.29, 0.717) is 11.3 Å². The van der Waals surface area contributed by atoms with E-state index in [1.54, 1.807) is 18.0 Å². The third-order valence-corrected chi connectivity index (χ3v) is 4.87. The molecule has 0 fully saturated rings. The molecule has 0 atom stereocenters. The zero-order chi connectivity index (χ0) is 22.3. The number of nitrogens with one attached hydrogen (secondary N) is 3. The number of hydrazine groups is 1. The van der Waals surface area contributed by atoms with Crippen molar-refractivity contribution in [2.45, 2.75) is 0 Å². The van der Waals surface area contributed by atoms with Crippen LogP contribution in [0.3, 0.4) is 0 Å². The SMILES string of the molecule is COc1ccc(-c2nn(-c3ccccc3)cc2C(=O)NNC(=S)Nc2ccccc2)cc1. The highest BCUT2D eigenvalue weighted by molar-refractivity contribution is 7.80. The molecule has 3 N–H and O–H groups in total. The van der Waals surface area contributed by atoms with E-state index in [-0.39, 0.29) is 11.0 Å². The van der Waals surface area contributed by atoms with Crippen LogP contribution in [0.25, 0.3) is 16.9 Å². The van der Waals surface area contributed by atoms with Gasteiger partial charge in [-0.1, -0.05) is 36.4 Å². The Kier molecular flexibility index (Phi) is 6.43. The van der Waals surface area contributed by atoms with E-state index >= 15 is 0 Å². The fraction of sp³-hybridized carbons (Fsp3) is 0.0417. The van der Waals surface area contributed by atoms with E-state index < -0.39 is 0 Å². The average molecular weight is 444 g/mol. The lowest BCUT2D eigenvalue weighted by Gasteiger charge is -2.11. The Morgan fingerprint density at radius 2 is 1.56 bits per heavy atom. The molecule has 1 aromatic heterocycles. The summed E-state index contributed by atoms with van der Waals surface area (Å²) in [6.45, 7) is 0. The average Bonchev–Trinajstić information content (AvgIpc) is 3.29. The number of rotatable bonds is 5. The van der Waals surface area contributed by atoms with Crippen LogP contribution in [-0.4, -0.2) is 27.9 Å². The number of amides is 1. The van der Waals surface area contributed by atoms with E-state index in [1.807, 2.05) is 84.9 Å². The first-order chi connectivity index (χ1) is 15.6. The first-order valence-electron chi connectivity index (χ1n) is 9.86. The van der Waals surface area contributed by atoms with Gasteiger partial charge in [-0.15, -0.1) is 0 Å². The lowest BCUT2D eigenvalue weighted by atomic mass is 10.1. The fourth-order valence-corrected chi connectivity index (χ4v) is 3.25. The molecule has 4 aromatic rings. The first kappa shape index (κ1) is 21.1. The van der Waals surface area contributed by atoms with Crippen molar-refractivity contribution in [1.29, 1.82) is 0 Å². The van der Waals surface area contributed by atoms with Gasteiger partial charge in [0.05, 0.1) is 18.4 Å². The maximum Gasteiger partial charge on any atom is 0.273 e. The molecule has 32 heavy (non-hydrogen) atoms. The summed E-state index contributed by atoms with van der Waals surface area (Å²) in [5, 5.41) is 7.94. The maximum atomic E-state index is 13.0. The number of aromatic nitrogens is 2. The maximum absolute atomic E-state index is 13.0. The van der Waals surface area contributed by atoms with Crippen molar-refractivity contribution < 1.29 is 9.53 Å². The van der Waals surface area contributed by atoms with Crippen LogP contribution >= 0.6 is 12.2 Å². The molecule has 0 bridgehead atoms. The summed E-state index contributed by atoms with van der Waals surface area (Å²) >= 11 is 5.27. The van der Waals surface area contributed by atoms with Crippen LogP contribution in [0.4, 0.5) is 5.69 Å². The van der Waals surface area contributed by atoms with Crippen molar-refractivity contribution in [3.8, 4) is 22.7 Å². The van der Waals surface area contributed by atoms with Crippen LogP contribution < -0.4 is 20.9 Å². The largest absolute Gasteiger partial charge is 0.497 e. The summed E-state index contributed by atoms with van der Waals surface area (Å²) < 4.78 is 6.91. The van der Waals surface area contributed by atoms with Crippen LogP contribution in [0.5, 0.6) is 5.75 Å². The molecule has 4 rings (SSSR count). The molecule has 0 radical (unpaired) electrons. The quantitative estimate of drug-likeness (QED) is 0.317. The van der Waals surface area contributed by atoms with Crippen LogP contribution in [0.1, 0.15) is 10.4 Å². The fourth-order valence-electron chi connectivity index (χ4n) is 3.08. The molecule has 1 heterocycles. The number of hydrogen-bond acceptors (Lipinski definition) is 4. The first-order valence-corrected chi connectivity index (χ1v) is 10.3. The summed E-state index contributed by atoms with van der Waals surface area (Å²) in [5.41, 5.74) is 8.77. The minimum atomic E-state index is -0.366. The Labute approximate surface area is 191 Å². The van der Waals surface area contributed by atoms with Crippen molar-refractivity contribution >= 4 is 28.9 Å². The number of thiocarbonyl (C=S) groups is 1. The minimum absolute atomic E-state index is 0.269. The number of anilines is 1. The molecule has 0 spiro atoms. The molecule has 1 amide bonds. The van der Waals surface area contributed by atoms with E-state index in [4.69, 9.17) is 17.0 Å². The zero-order valence-corrected chi connectivity index (χ0v) is 18.1. The molecule has 8 heteroatoms. The number of para-hydroxylation sites is 2. The Hall–Kier alpha value is -4.17. The van der Waals surface area contributed by atoms with Crippen LogP contribution in [0.2, 0.25) is 0 Å². The monoisotopic (exact) mass is 443 g/mol. The number of benzene rings is 3. The molecule has 7 nitrogen and oxygen atoms in total. The van der Waals surface area contributed by atoms with Crippen LogP contribution in [-0.2, 0) is 0 Å². The number of carbonyl (C=O) groups is 1. The van der Waals surface area contributed by atoms with E-state index in [9.17, 15) is 4.79 Å². The predicted octanol–water partition coefficient (Wildman–Crippen LogP) is 4.18. The van der Waals surface area contributed by atoms with Gasteiger partial charge in [-0.25, -0.2) is 4.68 Å². The second-order valence-corrected chi connectivity index (χ2v) is 7.21. The second kappa shape index (κ2) is 9.76. The number of nitrogens with zero attached hydrogens (tertiary/aromatic N) is 2. The van der Waals surface area contributed by atoms with Gasteiger partial charge < -0.3 is 10.1 Å². The molecule has 0 unspecified atom stereocenters. The Balaban J connectivity index is 1.57. The van der Waals surface area contributed by atoms with Gasteiger partial charge in [0.25, 0.3) is 5.91 Å². The van der Waals surface area contributed by atoms with Crippen molar-refractivity contribution in [2.75, 3.05) is 12.4 Å². The third kappa shape index (κ3) is 4.93. The minimum Gasteiger partial charge on any atom is -0.497 e.